The number of rotatable bonds is 2. The fourth-order valence-corrected chi connectivity index (χ4v) is 0.248. The lowest BCUT2D eigenvalue weighted by Gasteiger charge is -2.15. The summed E-state index contributed by atoms with van der Waals surface area (Å²) in [5.41, 5.74) is -1.28. The van der Waals surface area contributed by atoms with Crippen LogP contribution in [0, 0.1) is 19.3 Å². The van der Waals surface area contributed by atoms with Crippen LogP contribution in [0.3, 0.4) is 0 Å². The summed E-state index contributed by atoms with van der Waals surface area (Å²) in [5.74, 6) is -0.593. The van der Waals surface area contributed by atoms with Gasteiger partial charge in [-0.25, -0.2) is 0 Å². The summed E-state index contributed by atoms with van der Waals surface area (Å²) in [6.45, 7) is 9.33. The molecule has 0 atom stereocenters. The van der Waals surface area contributed by atoms with Crippen molar-refractivity contribution in [3.05, 3.63) is 13.8 Å². The van der Waals surface area contributed by atoms with Crippen molar-refractivity contribution in [1.29, 1.82) is 0 Å². The normalized spacial score (nSPS) is 11.0. The zero-order valence-corrected chi connectivity index (χ0v) is 5.73. The van der Waals surface area contributed by atoms with Crippen molar-refractivity contribution in [3.8, 4) is 0 Å². The van der Waals surface area contributed by atoms with E-state index in [1.807, 2.05) is 0 Å². The zero-order valence-electron chi connectivity index (χ0n) is 5.73. The highest BCUT2D eigenvalue weighted by Gasteiger charge is 2.28. The average Bonchev–Trinajstić information content (AvgIpc) is 1.65. The summed E-state index contributed by atoms with van der Waals surface area (Å²) in [5, 5.41) is 0. The first kappa shape index (κ1) is 8.21. The minimum atomic E-state index is -1.28. The van der Waals surface area contributed by atoms with Crippen LogP contribution in [0.2, 0.25) is 0 Å². The van der Waals surface area contributed by atoms with E-state index in [-0.39, 0.29) is 11.6 Å². The highest BCUT2D eigenvalue weighted by Crippen LogP contribution is 2.15. The Hall–Kier alpha value is -0.790. The lowest BCUT2D eigenvalue weighted by atomic mass is 9.85. The van der Waals surface area contributed by atoms with Gasteiger partial charge in [0.25, 0.3) is 0 Å². The molecule has 0 unspecified atom stereocenters. The van der Waals surface area contributed by atoms with Gasteiger partial charge in [-0.2, -0.15) is 0 Å². The zero-order chi connectivity index (χ0) is 7.65. The van der Waals surface area contributed by atoms with Gasteiger partial charge in [0.2, 0.25) is 0 Å². The van der Waals surface area contributed by atoms with Gasteiger partial charge in [-0.05, 0) is 13.8 Å². The molecule has 0 aliphatic heterocycles. The maximum atomic E-state index is 10.6. The minimum Gasteiger partial charge on any atom is -0.297 e. The first-order chi connectivity index (χ1) is 3.89. The lowest BCUT2D eigenvalue weighted by Crippen LogP contribution is -2.29. The van der Waals surface area contributed by atoms with E-state index >= 15 is 0 Å². The van der Waals surface area contributed by atoms with Crippen LogP contribution in [0.1, 0.15) is 13.8 Å². The number of hydrogen-bond acceptors (Lipinski definition) is 2. The van der Waals surface area contributed by atoms with Gasteiger partial charge in [-0.15, -0.1) is 0 Å². The first-order valence-electron chi connectivity index (χ1n) is 2.62. The minimum absolute atomic E-state index is 0.296. The second-order valence-electron chi connectivity index (χ2n) is 2.19. The van der Waals surface area contributed by atoms with Crippen LogP contribution in [0.4, 0.5) is 0 Å². The third kappa shape index (κ3) is 1.56. The summed E-state index contributed by atoms with van der Waals surface area (Å²) in [4.78, 5) is 21.1. The smallest absolute Gasteiger partial charge is 0.155 e. The summed E-state index contributed by atoms with van der Waals surface area (Å²) >= 11 is 0. The summed E-state index contributed by atoms with van der Waals surface area (Å²) in [7, 11) is 0. The van der Waals surface area contributed by atoms with E-state index in [1.165, 1.54) is 13.8 Å². The quantitative estimate of drug-likeness (QED) is 0.405. The number of carbonyl (C=O) groups excluding carboxylic acids is 2. The van der Waals surface area contributed by atoms with Crippen molar-refractivity contribution in [1.82, 2.24) is 0 Å². The SMILES string of the molecule is [CH2+]C([CH2-])(C(C)=O)C(C)=O. The number of carbonyl (C=O) groups is 2. The van der Waals surface area contributed by atoms with Crippen molar-refractivity contribution in [2.45, 2.75) is 13.8 Å². The van der Waals surface area contributed by atoms with Gasteiger partial charge < -0.3 is 0 Å². The summed E-state index contributed by atoms with van der Waals surface area (Å²) in [6, 6.07) is 0. The summed E-state index contributed by atoms with van der Waals surface area (Å²) < 4.78 is 0. The van der Waals surface area contributed by atoms with Crippen LogP contribution >= 0.6 is 0 Å². The molecule has 0 aliphatic carbocycles. The highest BCUT2D eigenvalue weighted by atomic mass is 16.2. The molecule has 0 saturated heterocycles. The van der Waals surface area contributed by atoms with Gasteiger partial charge in [0, 0.05) is 0 Å². The van der Waals surface area contributed by atoms with Crippen molar-refractivity contribution in [2.24, 2.45) is 5.41 Å². The number of ketones is 2. The van der Waals surface area contributed by atoms with E-state index in [1.54, 1.807) is 0 Å². The Balaban J connectivity index is 4.38. The molecule has 0 spiro atoms. The van der Waals surface area contributed by atoms with Gasteiger partial charge in [-0.3, -0.25) is 16.5 Å². The van der Waals surface area contributed by atoms with Gasteiger partial charge in [-0.1, -0.05) is 0 Å². The predicted octanol–water partition coefficient (Wildman–Crippen LogP) is 0.819. The molecular weight excluding hydrogens is 116 g/mol. The number of Topliss-reactive ketones (excluding diaryl/α,β-unsaturated/α-hetero) is 2. The molecule has 2 nitrogen and oxygen atoms in total. The van der Waals surface area contributed by atoms with E-state index in [2.05, 4.69) is 13.8 Å². The Kier molecular flexibility index (Phi) is 2.02. The molecule has 2 heteroatoms. The molecule has 0 aromatic carbocycles. The molecule has 0 amide bonds. The van der Waals surface area contributed by atoms with Gasteiger partial charge in [0.15, 0.2) is 11.6 Å². The van der Waals surface area contributed by atoms with Crippen molar-refractivity contribution >= 4 is 11.6 Å². The monoisotopic (exact) mass is 126 g/mol. The van der Waals surface area contributed by atoms with Crippen molar-refractivity contribution in [3.63, 3.8) is 0 Å². The Labute approximate surface area is 55.3 Å². The third-order valence-corrected chi connectivity index (χ3v) is 1.35. The van der Waals surface area contributed by atoms with E-state index in [0.717, 1.165) is 0 Å². The van der Waals surface area contributed by atoms with Crippen LogP contribution in [0.15, 0.2) is 0 Å². The Morgan fingerprint density at radius 3 is 1.56 bits per heavy atom. The van der Waals surface area contributed by atoms with E-state index in [9.17, 15) is 9.59 Å². The van der Waals surface area contributed by atoms with Crippen LogP contribution in [0.5, 0.6) is 0 Å². The molecule has 0 rings (SSSR count). The Morgan fingerprint density at radius 2 is 1.56 bits per heavy atom. The molecule has 0 radical (unpaired) electrons. The number of hydrogen-bond donors (Lipinski definition) is 0. The molecule has 0 N–H and O–H groups in total. The van der Waals surface area contributed by atoms with E-state index in [0.29, 0.717) is 0 Å². The van der Waals surface area contributed by atoms with Crippen molar-refractivity contribution in [2.75, 3.05) is 0 Å². The predicted molar refractivity (Wildman–Crippen MR) is 34.5 cm³/mol. The fourth-order valence-electron chi connectivity index (χ4n) is 0.248. The molecule has 0 aliphatic rings. The van der Waals surface area contributed by atoms with Crippen LogP contribution in [-0.4, -0.2) is 11.6 Å². The average molecular weight is 126 g/mol. The second kappa shape index (κ2) is 2.21. The molecular formula is C7H10O2. The van der Waals surface area contributed by atoms with E-state index in [4.69, 9.17) is 0 Å². The largest absolute Gasteiger partial charge is 0.297 e. The standard InChI is InChI=1S/C7H10O2/c1-5(8)7(3,4)6(2)9/h3-4H2,1-2H3. The van der Waals surface area contributed by atoms with Gasteiger partial charge in [0.1, 0.15) is 5.41 Å². The highest BCUT2D eigenvalue weighted by molar-refractivity contribution is 6.06. The van der Waals surface area contributed by atoms with Gasteiger partial charge in [0.05, 0.1) is 6.92 Å². The summed E-state index contributed by atoms with van der Waals surface area (Å²) in [6.07, 6.45) is 0. The van der Waals surface area contributed by atoms with Crippen LogP contribution < -0.4 is 0 Å². The fraction of sp³-hybridized carbons (Fsp3) is 0.429. The molecule has 0 heterocycles. The Morgan fingerprint density at radius 1 is 1.33 bits per heavy atom. The van der Waals surface area contributed by atoms with Gasteiger partial charge >= 0.3 is 0 Å². The van der Waals surface area contributed by atoms with Crippen LogP contribution in [0.25, 0.3) is 0 Å². The van der Waals surface area contributed by atoms with Crippen molar-refractivity contribution < 1.29 is 9.59 Å². The topological polar surface area (TPSA) is 34.1 Å². The van der Waals surface area contributed by atoms with E-state index < -0.39 is 5.41 Å². The first-order valence-corrected chi connectivity index (χ1v) is 2.62. The maximum absolute atomic E-state index is 10.6. The molecule has 0 aromatic rings. The Bertz CT molecular complexity index is 129. The second-order valence-corrected chi connectivity index (χ2v) is 2.19. The third-order valence-electron chi connectivity index (χ3n) is 1.35. The lowest BCUT2D eigenvalue weighted by molar-refractivity contribution is -0.132. The maximum Gasteiger partial charge on any atom is 0.155 e. The molecule has 0 fully saturated rings. The molecule has 0 saturated carbocycles. The molecule has 0 bridgehead atoms. The molecule has 50 valence electrons. The van der Waals surface area contributed by atoms with Crippen LogP contribution in [-0.2, 0) is 9.59 Å². The molecule has 9 heavy (non-hydrogen) atoms. The molecule has 0 aromatic heterocycles.